The number of nitrogens with zero attached hydrogens (tertiary/aromatic N) is 4. The Bertz CT molecular complexity index is 926. The fraction of sp³-hybridized carbons (Fsp3) is 0.294. The highest BCUT2D eigenvalue weighted by atomic mass is 32.1. The van der Waals surface area contributed by atoms with E-state index < -0.39 is 11.5 Å². The second kappa shape index (κ2) is 5.96. The highest BCUT2D eigenvalue weighted by Crippen LogP contribution is 2.34. The van der Waals surface area contributed by atoms with Crippen molar-refractivity contribution < 1.29 is 14.7 Å². The molecule has 1 N–H and O–H groups in total. The second-order valence-electron chi connectivity index (χ2n) is 6.11. The molecule has 0 unspecified atom stereocenters. The van der Waals surface area contributed by atoms with Crippen molar-refractivity contribution in [3.8, 4) is 0 Å². The first-order chi connectivity index (χ1) is 12.1. The maximum atomic E-state index is 12.4. The minimum Gasteiger partial charge on any atom is -0.479 e. The Kier molecular flexibility index (Phi) is 3.76. The molecule has 1 aliphatic rings. The lowest BCUT2D eigenvalue weighted by molar-refractivity contribution is -0.149. The maximum Gasteiger partial charge on any atom is 0.330 e. The molecule has 7 nitrogen and oxygen atoms in total. The average molecular weight is 356 g/mol. The number of likely N-dealkylation sites (tertiary alicyclic amines) is 1. The number of amides is 1. The van der Waals surface area contributed by atoms with Crippen LogP contribution in [0.1, 0.15) is 23.3 Å². The molecule has 1 aromatic carbocycles. The van der Waals surface area contributed by atoms with Gasteiger partial charge in [-0.2, -0.15) is 0 Å². The number of imidazole rings is 1. The summed E-state index contributed by atoms with van der Waals surface area (Å²) in [6.07, 6.45) is 2.26. The minimum atomic E-state index is -1.09. The highest BCUT2D eigenvalue weighted by Gasteiger charge is 2.45. The smallest absolute Gasteiger partial charge is 0.330 e. The zero-order valence-corrected chi connectivity index (χ0v) is 14.1. The third-order valence-electron chi connectivity index (χ3n) is 4.84. The third kappa shape index (κ3) is 2.49. The van der Waals surface area contributed by atoms with Gasteiger partial charge in [-0.05, 0) is 25.0 Å². The Labute approximate surface area is 147 Å². The molecular formula is C17H16N4O3S. The van der Waals surface area contributed by atoms with Gasteiger partial charge in [0, 0.05) is 18.5 Å². The van der Waals surface area contributed by atoms with Crippen LogP contribution in [0.3, 0.4) is 0 Å². The monoisotopic (exact) mass is 356 g/mol. The molecule has 0 atom stereocenters. The van der Waals surface area contributed by atoms with Crippen LogP contribution in [0.4, 0.5) is 0 Å². The summed E-state index contributed by atoms with van der Waals surface area (Å²) >= 11 is 1.37. The van der Waals surface area contributed by atoms with Crippen molar-refractivity contribution in [2.75, 3.05) is 13.1 Å². The number of benzene rings is 1. The molecule has 4 rings (SSSR count). The van der Waals surface area contributed by atoms with Crippen molar-refractivity contribution in [1.82, 2.24) is 19.4 Å². The van der Waals surface area contributed by atoms with Crippen molar-refractivity contribution in [2.24, 2.45) is 0 Å². The number of carbonyl (C=O) groups excluding carboxylic acids is 1. The van der Waals surface area contributed by atoms with Gasteiger partial charge in [0.15, 0.2) is 0 Å². The Morgan fingerprint density at radius 1 is 1.16 bits per heavy atom. The van der Waals surface area contributed by atoms with Gasteiger partial charge in [0.25, 0.3) is 5.91 Å². The van der Waals surface area contributed by atoms with E-state index >= 15 is 0 Å². The number of aliphatic carboxylic acids is 1. The van der Waals surface area contributed by atoms with Crippen LogP contribution in [0.15, 0.2) is 41.5 Å². The van der Waals surface area contributed by atoms with Crippen molar-refractivity contribution in [3.05, 3.63) is 47.2 Å². The predicted molar refractivity (Wildman–Crippen MR) is 92.6 cm³/mol. The molecule has 0 spiro atoms. The van der Waals surface area contributed by atoms with Crippen LogP contribution in [-0.4, -0.2) is 49.5 Å². The molecule has 0 bridgehead atoms. The largest absolute Gasteiger partial charge is 0.479 e. The molecule has 2 aromatic heterocycles. The molecule has 3 aromatic rings. The topological polar surface area (TPSA) is 88.3 Å². The SMILES string of the molecule is O=C(c1cscn1)N1CCC(C(=O)O)(n2cnc3ccccc32)CC1. The van der Waals surface area contributed by atoms with Crippen LogP contribution in [0.25, 0.3) is 11.0 Å². The van der Waals surface area contributed by atoms with Gasteiger partial charge in [-0.1, -0.05) is 12.1 Å². The molecule has 25 heavy (non-hydrogen) atoms. The van der Waals surface area contributed by atoms with Gasteiger partial charge >= 0.3 is 5.97 Å². The lowest BCUT2D eigenvalue weighted by Crippen LogP contribution is -2.52. The zero-order chi connectivity index (χ0) is 17.4. The van der Waals surface area contributed by atoms with Crippen LogP contribution in [0, 0.1) is 0 Å². The molecule has 1 amide bonds. The Morgan fingerprint density at radius 2 is 1.92 bits per heavy atom. The first-order valence-electron chi connectivity index (χ1n) is 7.95. The molecule has 1 fully saturated rings. The number of fused-ring (bicyclic) bond motifs is 1. The average Bonchev–Trinajstić information content (AvgIpc) is 3.31. The van der Waals surface area contributed by atoms with E-state index in [2.05, 4.69) is 9.97 Å². The zero-order valence-electron chi connectivity index (χ0n) is 13.3. The van der Waals surface area contributed by atoms with Gasteiger partial charge in [-0.25, -0.2) is 14.8 Å². The number of carboxylic acids is 1. The van der Waals surface area contributed by atoms with E-state index in [1.165, 1.54) is 11.3 Å². The molecule has 1 saturated heterocycles. The number of para-hydroxylation sites is 2. The summed E-state index contributed by atoms with van der Waals surface area (Å²) in [7, 11) is 0. The summed E-state index contributed by atoms with van der Waals surface area (Å²) in [6.45, 7) is 0.740. The minimum absolute atomic E-state index is 0.143. The van der Waals surface area contributed by atoms with E-state index in [0.717, 1.165) is 11.0 Å². The van der Waals surface area contributed by atoms with Crippen molar-refractivity contribution in [2.45, 2.75) is 18.4 Å². The highest BCUT2D eigenvalue weighted by molar-refractivity contribution is 7.07. The second-order valence-corrected chi connectivity index (χ2v) is 6.82. The van der Waals surface area contributed by atoms with Crippen LogP contribution >= 0.6 is 11.3 Å². The van der Waals surface area contributed by atoms with Gasteiger partial charge in [-0.15, -0.1) is 11.3 Å². The van der Waals surface area contributed by atoms with Crippen LogP contribution in [0.2, 0.25) is 0 Å². The first kappa shape index (κ1) is 15.8. The number of carboxylic acid groups (broad SMARTS) is 1. The summed E-state index contributed by atoms with van der Waals surface area (Å²) in [5.41, 5.74) is 2.51. The van der Waals surface area contributed by atoms with E-state index in [-0.39, 0.29) is 5.91 Å². The number of piperidine rings is 1. The Balaban J connectivity index is 1.64. The molecule has 1 aliphatic heterocycles. The normalized spacial score (nSPS) is 16.9. The first-order valence-corrected chi connectivity index (χ1v) is 8.89. The molecule has 8 heteroatoms. The summed E-state index contributed by atoms with van der Waals surface area (Å²) in [6, 6.07) is 7.49. The van der Waals surface area contributed by atoms with Crippen molar-refractivity contribution in [1.29, 1.82) is 0 Å². The molecule has 3 heterocycles. The molecule has 0 radical (unpaired) electrons. The number of rotatable bonds is 3. The quantitative estimate of drug-likeness (QED) is 0.777. The van der Waals surface area contributed by atoms with Crippen molar-refractivity contribution >= 4 is 34.2 Å². The van der Waals surface area contributed by atoms with Crippen LogP contribution in [-0.2, 0) is 10.3 Å². The molecule has 128 valence electrons. The Morgan fingerprint density at radius 3 is 2.60 bits per heavy atom. The fourth-order valence-electron chi connectivity index (χ4n) is 3.42. The van der Waals surface area contributed by atoms with E-state index in [1.54, 1.807) is 26.7 Å². The molecule has 0 aliphatic carbocycles. The predicted octanol–water partition coefficient (Wildman–Crippen LogP) is 2.21. The van der Waals surface area contributed by atoms with E-state index in [9.17, 15) is 14.7 Å². The fourth-order valence-corrected chi connectivity index (χ4v) is 3.94. The van der Waals surface area contributed by atoms with E-state index in [0.29, 0.717) is 31.6 Å². The van der Waals surface area contributed by atoms with Crippen LogP contribution < -0.4 is 0 Å². The standard InChI is InChI=1S/C17H16N4O3S/c22-15(13-9-25-11-19-13)20-7-5-17(6-8-20,16(23)24)21-10-18-12-3-1-2-4-14(12)21/h1-4,9-11H,5-8H2,(H,23,24). The number of hydrogen-bond donors (Lipinski definition) is 1. The number of carbonyl (C=O) groups is 2. The van der Waals surface area contributed by atoms with Gasteiger partial charge in [0.1, 0.15) is 11.2 Å². The molecule has 0 saturated carbocycles. The lowest BCUT2D eigenvalue weighted by atomic mass is 9.86. The summed E-state index contributed by atoms with van der Waals surface area (Å²) in [4.78, 5) is 34.7. The Hall–Kier alpha value is -2.74. The van der Waals surface area contributed by atoms with E-state index in [1.807, 2.05) is 24.3 Å². The number of aromatic nitrogens is 3. The number of thiazole rings is 1. The number of hydrogen-bond acceptors (Lipinski definition) is 5. The van der Waals surface area contributed by atoms with Gasteiger partial charge in [-0.3, -0.25) is 4.79 Å². The maximum absolute atomic E-state index is 12.4. The van der Waals surface area contributed by atoms with Gasteiger partial charge < -0.3 is 14.6 Å². The third-order valence-corrected chi connectivity index (χ3v) is 5.43. The summed E-state index contributed by atoms with van der Waals surface area (Å²) in [5, 5.41) is 11.7. The van der Waals surface area contributed by atoms with Gasteiger partial charge in [0.05, 0.1) is 22.9 Å². The van der Waals surface area contributed by atoms with E-state index in [4.69, 9.17) is 0 Å². The summed E-state index contributed by atoms with van der Waals surface area (Å²) < 4.78 is 1.75. The molecular weight excluding hydrogens is 340 g/mol. The van der Waals surface area contributed by atoms with Gasteiger partial charge in [0.2, 0.25) is 0 Å². The summed E-state index contributed by atoms with van der Waals surface area (Å²) in [5.74, 6) is -1.04. The van der Waals surface area contributed by atoms with Crippen molar-refractivity contribution in [3.63, 3.8) is 0 Å². The lowest BCUT2D eigenvalue weighted by Gasteiger charge is -2.39. The van der Waals surface area contributed by atoms with Crippen LogP contribution in [0.5, 0.6) is 0 Å².